The predicted octanol–water partition coefficient (Wildman–Crippen LogP) is 4.65. The molecule has 0 radical (unpaired) electrons. The van der Waals surface area contributed by atoms with E-state index in [9.17, 15) is 9.59 Å². The number of hydrogen-bond acceptors (Lipinski definition) is 4. The van der Waals surface area contributed by atoms with Crippen molar-refractivity contribution in [3.63, 3.8) is 0 Å². The number of anilines is 1. The molecule has 2 aromatic rings. The molecule has 0 bridgehead atoms. The summed E-state index contributed by atoms with van der Waals surface area (Å²) in [5.74, 6) is -0.0655. The molecule has 0 saturated heterocycles. The Labute approximate surface area is 173 Å². The topological polar surface area (TPSA) is 79.8 Å². The standard InChI is InChI=1S/C20H21Cl2N3O3/c1-2-11-28-18-8-7-15(21)12-14(18)13-23-25-20(27)10-9-19(26)24-17-6-4-3-5-16(17)22/h3-8,12-13H,2,9-11H2,1H3,(H,24,26)(H,25,27). The van der Waals surface area contributed by atoms with E-state index in [0.29, 0.717) is 33.7 Å². The van der Waals surface area contributed by atoms with Gasteiger partial charge in [0.2, 0.25) is 11.8 Å². The molecule has 0 unspecified atom stereocenters. The first-order chi connectivity index (χ1) is 13.5. The van der Waals surface area contributed by atoms with Gasteiger partial charge in [0.1, 0.15) is 5.75 Å². The zero-order chi connectivity index (χ0) is 20.4. The minimum Gasteiger partial charge on any atom is -0.493 e. The van der Waals surface area contributed by atoms with Crippen LogP contribution in [0.2, 0.25) is 10.0 Å². The molecule has 0 aliphatic carbocycles. The molecule has 0 fully saturated rings. The molecule has 0 atom stereocenters. The molecule has 8 heteroatoms. The number of benzene rings is 2. The Hall–Kier alpha value is -2.57. The van der Waals surface area contributed by atoms with Crippen LogP contribution in [0.25, 0.3) is 0 Å². The molecule has 2 rings (SSSR count). The van der Waals surface area contributed by atoms with E-state index < -0.39 is 0 Å². The van der Waals surface area contributed by atoms with Crippen molar-refractivity contribution in [1.82, 2.24) is 5.43 Å². The quantitative estimate of drug-likeness (QED) is 0.456. The van der Waals surface area contributed by atoms with E-state index in [2.05, 4.69) is 15.8 Å². The smallest absolute Gasteiger partial charge is 0.240 e. The molecule has 148 valence electrons. The van der Waals surface area contributed by atoms with E-state index in [1.807, 2.05) is 6.92 Å². The first-order valence-electron chi connectivity index (χ1n) is 8.78. The Balaban J connectivity index is 1.83. The number of hydrazone groups is 1. The Morgan fingerprint density at radius 2 is 1.86 bits per heavy atom. The van der Waals surface area contributed by atoms with Crippen molar-refractivity contribution in [2.24, 2.45) is 5.10 Å². The molecule has 0 aromatic heterocycles. The van der Waals surface area contributed by atoms with E-state index in [1.165, 1.54) is 6.21 Å². The summed E-state index contributed by atoms with van der Waals surface area (Å²) >= 11 is 12.0. The predicted molar refractivity (Wildman–Crippen MR) is 112 cm³/mol. The Kier molecular flexibility index (Phi) is 8.78. The third-order valence-corrected chi connectivity index (χ3v) is 4.12. The Morgan fingerprint density at radius 3 is 2.61 bits per heavy atom. The largest absolute Gasteiger partial charge is 0.493 e. The maximum atomic E-state index is 11.9. The second-order valence-electron chi connectivity index (χ2n) is 5.85. The highest BCUT2D eigenvalue weighted by atomic mass is 35.5. The van der Waals surface area contributed by atoms with Gasteiger partial charge in [-0.1, -0.05) is 42.3 Å². The molecule has 0 spiro atoms. The van der Waals surface area contributed by atoms with Gasteiger partial charge in [-0.05, 0) is 36.8 Å². The Bertz CT molecular complexity index is 856. The van der Waals surface area contributed by atoms with Crippen molar-refractivity contribution in [3.05, 3.63) is 58.1 Å². The molecule has 2 N–H and O–H groups in total. The zero-order valence-corrected chi connectivity index (χ0v) is 16.9. The van der Waals surface area contributed by atoms with Crippen LogP contribution in [-0.2, 0) is 9.59 Å². The number of amides is 2. The number of halogens is 2. The Morgan fingerprint density at radius 1 is 1.11 bits per heavy atom. The number of nitrogens with zero attached hydrogens (tertiary/aromatic N) is 1. The van der Waals surface area contributed by atoms with Crippen LogP contribution in [0, 0.1) is 0 Å². The fourth-order valence-corrected chi connectivity index (χ4v) is 2.56. The van der Waals surface area contributed by atoms with Gasteiger partial charge in [-0.2, -0.15) is 5.10 Å². The van der Waals surface area contributed by atoms with Gasteiger partial charge in [0.05, 0.1) is 23.5 Å². The molecule has 6 nitrogen and oxygen atoms in total. The number of hydrogen-bond donors (Lipinski definition) is 2. The molecule has 0 aliphatic rings. The number of rotatable bonds is 9. The van der Waals surface area contributed by atoms with Crippen LogP contribution < -0.4 is 15.5 Å². The normalized spacial score (nSPS) is 10.7. The maximum absolute atomic E-state index is 11.9. The van der Waals surface area contributed by atoms with Crippen LogP contribution in [-0.4, -0.2) is 24.6 Å². The van der Waals surface area contributed by atoms with Crippen molar-refractivity contribution in [2.45, 2.75) is 26.2 Å². The lowest BCUT2D eigenvalue weighted by Gasteiger charge is -2.08. The fraction of sp³-hybridized carbons (Fsp3) is 0.250. The highest BCUT2D eigenvalue weighted by molar-refractivity contribution is 6.33. The average molecular weight is 422 g/mol. The van der Waals surface area contributed by atoms with Gasteiger partial charge in [0, 0.05) is 23.4 Å². The van der Waals surface area contributed by atoms with Gasteiger partial charge in [-0.25, -0.2) is 5.43 Å². The van der Waals surface area contributed by atoms with Crippen molar-refractivity contribution < 1.29 is 14.3 Å². The first kappa shape index (κ1) is 21.7. The highest BCUT2D eigenvalue weighted by Crippen LogP contribution is 2.22. The number of ether oxygens (including phenoxy) is 1. The van der Waals surface area contributed by atoms with E-state index >= 15 is 0 Å². The van der Waals surface area contributed by atoms with Crippen LogP contribution in [0.15, 0.2) is 47.6 Å². The molecule has 2 aromatic carbocycles. The van der Waals surface area contributed by atoms with Crippen LogP contribution >= 0.6 is 23.2 Å². The summed E-state index contributed by atoms with van der Waals surface area (Å²) < 4.78 is 5.62. The number of carbonyl (C=O) groups is 2. The van der Waals surface area contributed by atoms with Gasteiger partial charge in [-0.15, -0.1) is 0 Å². The number of nitrogens with one attached hydrogen (secondary N) is 2. The lowest BCUT2D eigenvalue weighted by molar-refractivity contribution is -0.124. The molecular formula is C20H21Cl2N3O3. The third kappa shape index (κ3) is 7.21. The van der Waals surface area contributed by atoms with Gasteiger partial charge < -0.3 is 10.1 Å². The second kappa shape index (κ2) is 11.3. The molecule has 28 heavy (non-hydrogen) atoms. The highest BCUT2D eigenvalue weighted by Gasteiger charge is 2.09. The molecule has 0 heterocycles. The minimum atomic E-state index is -0.386. The van der Waals surface area contributed by atoms with Crippen molar-refractivity contribution in [2.75, 3.05) is 11.9 Å². The summed E-state index contributed by atoms with van der Waals surface area (Å²) in [6, 6.07) is 12.1. The first-order valence-corrected chi connectivity index (χ1v) is 9.54. The zero-order valence-electron chi connectivity index (χ0n) is 15.4. The maximum Gasteiger partial charge on any atom is 0.240 e. The van der Waals surface area contributed by atoms with E-state index in [1.54, 1.807) is 42.5 Å². The number of para-hydroxylation sites is 1. The van der Waals surface area contributed by atoms with Gasteiger partial charge >= 0.3 is 0 Å². The number of carbonyl (C=O) groups excluding carboxylic acids is 2. The average Bonchev–Trinajstić information content (AvgIpc) is 2.67. The summed E-state index contributed by atoms with van der Waals surface area (Å²) in [6.45, 7) is 2.57. The molecular weight excluding hydrogens is 401 g/mol. The van der Waals surface area contributed by atoms with Crippen LogP contribution in [0.1, 0.15) is 31.7 Å². The lowest BCUT2D eigenvalue weighted by atomic mass is 10.2. The SMILES string of the molecule is CCCOc1ccc(Cl)cc1C=NNC(=O)CCC(=O)Nc1ccccc1Cl. The van der Waals surface area contributed by atoms with E-state index in [4.69, 9.17) is 27.9 Å². The summed E-state index contributed by atoms with van der Waals surface area (Å²) in [5, 5.41) is 7.54. The fourth-order valence-electron chi connectivity index (χ4n) is 2.20. The van der Waals surface area contributed by atoms with E-state index in [0.717, 1.165) is 6.42 Å². The van der Waals surface area contributed by atoms with Crippen molar-refractivity contribution in [1.29, 1.82) is 0 Å². The summed E-state index contributed by atoms with van der Waals surface area (Å²) in [4.78, 5) is 23.8. The van der Waals surface area contributed by atoms with Gasteiger partial charge in [0.15, 0.2) is 0 Å². The lowest BCUT2D eigenvalue weighted by Crippen LogP contribution is -2.20. The van der Waals surface area contributed by atoms with Crippen LogP contribution in [0.5, 0.6) is 5.75 Å². The summed E-state index contributed by atoms with van der Waals surface area (Å²) in [7, 11) is 0. The van der Waals surface area contributed by atoms with Crippen LogP contribution in [0.3, 0.4) is 0 Å². The molecule has 0 saturated carbocycles. The summed E-state index contributed by atoms with van der Waals surface area (Å²) in [5.41, 5.74) is 3.55. The van der Waals surface area contributed by atoms with Crippen molar-refractivity contribution in [3.8, 4) is 5.75 Å². The molecule has 0 aliphatic heterocycles. The van der Waals surface area contributed by atoms with E-state index in [-0.39, 0.29) is 24.7 Å². The molecule has 2 amide bonds. The summed E-state index contributed by atoms with van der Waals surface area (Å²) in [6.07, 6.45) is 2.32. The van der Waals surface area contributed by atoms with Crippen LogP contribution in [0.4, 0.5) is 5.69 Å². The third-order valence-electron chi connectivity index (χ3n) is 3.55. The minimum absolute atomic E-state index is 0.00853. The van der Waals surface area contributed by atoms with Crippen molar-refractivity contribution >= 4 is 46.9 Å². The van der Waals surface area contributed by atoms with Gasteiger partial charge in [0.25, 0.3) is 0 Å². The monoisotopic (exact) mass is 421 g/mol. The van der Waals surface area contributed by atoms with Gasteiger partial charge in [-0.3, -0.25) is 9.59 Å². The second-order valence-corrected chi connectivity index (χ2v) is 6.70.